The lowest BCUT2D eigenvalue weighted by molar-refractivity contribution is 0.0951. The van der Waals surface area contributed by atoms with Gasteiger partial charge in [-0.3, -0.25) is 14.9 Å². The van der Waals surface area contributed by atoms with Crippen LogP contribution in [0.25, 0.3) is 11.3 Å². The Morgan fingerprint density at radius 1 is 1.19 bits per heavy atom. The molecule has 0 saturated carbocycles. The van der Waals surface area contributed by atoms with E-state index in [9.17, 15) is 4.79 Å². The van der Waals surface area contributed by atoms with Crippen molar-refractivity contribution in [3.8, 4) is 17.0 Å². The molecule has 0 aliphatic heterocycles. The number of hydrogen-bond acceptors (Lipinski definition) is 4. The van der Waals surface area contributed by atoms with Crippen LogP contribution in [0, 0.1) is 0 Å². The number of nitrogens with zero attached hydrogens (tertiary/aromatic N) is 2. The van der Waals surface area contributed by atoms with Gasteiger partial charge in [-0.2, -0.15) is 5.10 Å². The molecule has 6 heteroatoms. The van der Waals surface area contributed by atoms with E-state index in [1.54, 1.807) is 6.20 Å². The van der Waals surface area contributed by atoms with Gasteiger partial charge in [-0.15, -0.1) is 0 Å². The number of aromatic nitrogens is 3. The van der Waals surface area contributed by atoms with E-state index >= 15 is 0 Å². The number of amides is 1. The second-order valence-electron chi connectivity index (χ2n) is 5.89. The topological polar surface area (TPSA) is 79.9 Å². The Hall–Kier alpha value is -3.15. The van der Waals surface area contributed by atoms with Crippen LogP contribution >= 0.6 is 0 Å². The van der Waals surface area contributed by atoms with Crippen LogP contribution in [0.15, 0.2) is 54.9 Å². The first kappa shape index (κ1) is 17.7. The number of unbranched alkanes of at least 4 members (excludes halogenated alkanes) is 1. The zero-order valence-corrected chi connectivity index (χ0v) is 14.7. The largest absolute Gasteiger partial charge is 0.494 e. The maximum atomic E-state index is 12.5. The molecule has 1 amide bonds. The number of aromatic amines is 1. The molecule has 1 aromatic carbocycles. The first-order chi connectivity index (χ1) is 12.8. The van der Waals surface area contributed by atoms with E-state index in [-0.39, 0.29) is 5.91 Å². The van der Waals surface area contributed by atoms with Crippen molar-refractivity contribution in [2.45, 2.75) is 26.3 Å². The molecular formula is C20H22N4O2. The number of ether oxygens (including phenoxy) is 1. The van der Waals surface area contributed by atoms with E-state index in [1.807, 2.05) is 42.5 Å². The third kappa shape index (κ3) is 4.47. The summed E-state index contributed by atoms with van der Waals surface area (Å²) in [7, 11) is 0. The van der Waals surface area contributed by atoms with Crippen LogP contribution in [0.4, 0.5) is 0 Å². The van der Waals surface area contributed by atoms with Crippen LogP contribution in [0.1, 0.15) is 35.8 Å². The fraction of sp³-hybridized carbons (Fsp3) is 0.250. The Morgan fingerprint density at radius 2 is 2.04 bits per heavy atom. The molecular weight excluding hydrogens is 328 g/mol. The van der Waals surface area contributed by atoms with E-state index in [0.29, 0.717) is 24.4 Å². The molecule has 3 rings (SSSR count). The summed E-state index contributed by atoms with van der Waals surface area (Å²) in [6, 6.07) is 13.3. The Labute approximate surface area is 152 Å². The van der Waals surface area contributed by atoms with Crippen molar-refractivity contribution >= 4 is 5.91 Å². The third-order valence-corrected chi connectivity index (χ3v) is 3.95. The molecule has 6 nitrogen and oxygen atoms in total. The van der Waals surface area contributed by atoms with Crippen molar-refractivity contribution in [1.29, 1.82) is 0 Å². The summed E-state index contributed by atoms with van der Waals surface area (Å²) < 4.78 is 5.67. The van der Waals surface area contributed by atoms with E-state index < -0.39 is 0 Å². The molecule has 0 aliphatic rings. The molecule has 0 aliphatic carbocycles. The van der Waals surface area contributed by atoms with Crippen molar-refractivity contribution in [3.63, 3.8) is 0 Å². The molecule has 134 valence electrons. The first-order valence-electron chi connectivity index (χ1n) is 8.72. The van der Waals surface area contributed by atoms with Crippen LogP contribution < -0.4 is 10.1 Å². The number of pyridine rings is 1. The summed E-state index contributed by atoms with van der Waals surface area (Å²) in [6.45, 7) is 3.21. The molecule has 0 saturated heterocycles. The van der Waals surface area contributed by atoms with Crippen LogP contribution in [-0.2, 0) is 6.54 Å². The number of carbonyl (C=O) groups excluding carboxylic acids is 1. The molecule has 0 spiro atoms. The smallest absolute Gasteiger partial charge is 0.255 e. The number of benzene rings is 1. The second-order valence-corrected chi connectivity index (χ2v) is 5.89. The summed E-state index contributed by atoms with van der Waals surface area (Å²) in [6.07, 6.45) is 5.37. The lowest BCUT2D eigenvalue weighted by Gasteiger charge is -2.08. The van der Waals surface area contributed by atoms with Gasteiger partial charge in [-0.25, -0.2) is 0 Å². The first-order valence-corrected chi connectivity index (χ1v) is 8.72. The van der Waals surface area contributed by atoms with Gasteiger partial charge in [-0.05, 0) is 42.8 Å². The molecule has 0 bridgehead atoms. The number of H-pyrrole nitrogens is 1. The Bertz CT molecular complexity index is 829. The quantitative estimate of drug-likeness (QED) is 0.609. The van der Waals surface area contributed by atoms with E-state index in [4.69, 9.17) is 4.74 Å². The number of carbonyl (C=O) groups is 1. The molecule has 3 aromatic rings. The minimum absolute atomic E-state index is 0.192. The lowest BCUT2D eigenvalue weighted by atomic mass is 10.1. The van der Waals surface area contributed by atoms with Crippen molar-refractivity contribution in [2.75, 3.05) is 6.61 Å². The van der Waals surface area contributed by atoms with Gasteiger partial charge in [0.1, 0.15) is 5.75 Å². The molecule has 2 aromatic heterocycles. The second kappa shape index (κ2) is 8.80. The highest BCUT2D eigenvalue weighted by atomic mass is 16.5. The lowest BCUT2D eigenvalue weighted by Crippen LogP contribution is -2.23. The van der Waals surface area contributed by atoms with Crippen molar-refractivity contribution < 1.29 is 9.53 Å². The predicted octanol–water partition coefficient (Wildman–Crippen LogP) is 3.58. The monoisotopic (exact) mass is 350 g/mol. The molecule has 2 heterocycles. The van der Waals surface area contributed by atoms with Crippen LogP contribution in [0.3, 0.4) is 0 Å². The standard InChI is InChI=1S/C20H22N4O2/c1-2-3-12-26-17-9-7-15(8-10-17)19-18(14-23-24-19)20(25)22-13-16-6-4-5-11-21-16/h4-11,14H,2-3,12-13H2,1H3,(H,22,25)(H,23,24). The van der Waals surface area contributed by atoms with Gasteiger partial charge in [-0.1, -0.05) is 19.4 Å². The van der Waals surface area contributed by atoms with Gasteiger partial charge in [0.15, 0.2) is 0 Å². The Balaban J connectivity index is 1.66. The zero-order chi connectivity index (χ0) is 18.2. The maximum absolute atomic E-state index is 12.5. The van der Waals surface area contributed by atoms with Gasteiger partial charge in [0, 0.05) is 11.8 Å². The number of hydrogen-bond donors (Lipinski definition) is 2. The van der Waals surface area contributed by atoms with Crippen LogP contribution in [-0.4, -0.2) is 27.7 Å². The minimum Gasteiger partial charge on any atom is -0.494 e. The van der Waals surface area contributed by atoms with E-state index in [1.165, 1.54) is 6.20 Å². The highest BCUT2D eigenvalue weighted by Crippen LogP contribution is 2.24. The van der Waals surface area contributed by atoms with Gasteiger partial charge in [0.25, 0.3) is 5.91 Å². The van der Waals surface area contributed by atoms with Gasteiger partial charge in [0.05, 0.1) is 36.3 Å². The van der Waals surface area contributed by atoms with Gasteiger partial charge < -0.3 is 10.1 Å². The molecule has 0 unspecified atom stereocenters. The van der Waals surface area contributed by atoms with E-state index in [2.05, 4.69) is 27.4 Å². The zero-order valence-electron chi connectivity index (χ0n) is 14.7. The van der Waals surface area contributed by atoms with Crippen LogP contribution in [0.2, 0.25) is 0 Å². The summed E-state index contributed by atoms with van der Waals surface area (Å²) in [5, 5.41) is 9.80. The van der Waals surface area contributed by atoms with Crippen molar-refractivity contribution in [3.05, 3.63) is 66.1 Å². The molecule has 2 N–H and O–H groups in total. The average molecular weight is 350 g/mol. The molecule has 26 heavy (non-hydrogen) atoms. The summed E-state index contributed by atoms with van der Waals surface area (Å²) in [4.78, 5) is 16.7. The fourth-order valence-corrected chi connectivity index (χ4v) is 2.50. The summed E-state index contributed by atoms with van der Waals surface area (Å²) in [5.41, 5.74) is 2.87. The highest BCUT2D eigenvalue weighted by Gasteiger charge is 2.15. The summed E-state index contributed by atoms with van der Waals surface area (Å²) in [5.74, 6) is 0.630. The van der Waals surface area contributed by atoms with Crippen LogP contribution in [0.5, 0.6) is 5.75 Å². The predicted molar refractivity (Wildman–Crippen MR) is 99.8 cm³/mol. The number of nitrogens with one attached hydrogen (secondary N) is 2. The number of rotatable bonds is 8. The normalized spacial score (nSPS) is 10.5. The molecule has 0 radical (unpaired) electrons. The molecule has 0 fully saturated rings. The summed E-state index contributed by atoms with van der Waals surface area (Å²) >= 11 is 0. The van der Waals surface area contributed by atoms with Gasteiger partial charge >= 0.3 is 0 Å². The Kier molecular flexibility index (Phi) is 5.98. The molecule has 0 atom stereocenters. The highest BCUT2D eigenvalue weighted by molar-refractivity contribution is 5.99. The minimum atomic E-state index is -0.192. The van der Waals surface area contributed by atoms with Gasteiger partial charge in [0.2, 0.25) is 0 Å². The SMILES string of the molecule is CCCCOc1ccc(-c2[nH]ncc2C(=O)NCc2ccccn2)cc1. The van der Waals surface area contributed by atoms with E-state index in [0.717, 1.165) is 29.8 Å². The maximum Gasteiger partial charge on any atom is 0.255 e. The van der Waals surface area contributed by atoms with Crippen molar-refractivity contribution in [1.82, 2.24) is 20.5 Å². The Morgan fingerprint density at radius 3 is 2.77 bits per heavy atom. The fourth-order valence-electron chi connectivity index (χ4n) is 2.50. The third-order valence-electron chi connectivity index (χ3n) is 3.95. The van der Waals surface area contributed by atoms with Crippen molar-refractivity contribution in [2.24, 2.45) is 0 Å². The average Bonchev–Trinajstić information content (AvgIpc) is 3.18.